The first kappa shape index (κ1) is 14.0. The summed E-state index contributed by atoms with van der Waals surface area (Å²) in [6.07, 6.45) is 3.54. The Labute approximate surface area is 125 Å². The second-order valence-corrected chi connectivity index (χ2v) is 5.65. The van der Waals surface area contributed by atoms with E-state index in [-0.39, 0.29) is 5.91 Å². The van der Waals surface area contributed by atoms with Gasteiger partial charge in [-0.25, -0.2) is 4.98 Å². The number of amides is 1. The van der Waals surface area contributed by atoms with E-state index in [9.17, 15) is 4.79 Å². The van der Waals surface area contributed by atoms with Crippen LogP contribution >= 0.6 is 0 Å². The molecule has 0 spiro atoms. The van der Waals surface area contributed by atoms with Crippen LogP contribution in [0.2, 0.25) is 0 Å². The first-order valence-electron chi connectivity index (χ1n) is 7.67. The average Bonchev–Trinajstić information content (AvgIpc) is 2.55. The number of piperidine rings is 1. The number of rotatable bonds is 4. The van der Waals surface area contributed by atoms with Gasteiger partial charge < -0.3 is 10.6 Å². The van der Waals surface area contributed by atoms with Crippen molar-refractivity contribution in [3.63, 3.8) is 0 Å². The molecule has 1 amide bonds. The number of fused-ring (bicyclic) bond motifs is 1. The molecule has 0 aliphatic carbocycles. The van der Waals surface area contributed by atoms with Crippen LogP contribution in [-0.4, -0.2) is 30.5 Å². The molecule has 4 heteroatoms. The van der Waals surface area contributed by atoms with Crippen molar-refractivity contribution in [2.24, 2.45) is 5.92 Å². The van der Waals surface area contributed by atoms with Crippen molar-refractivity contribution in [2.45, 2.75) is 19.3 Å². The van der Waals surface area contributed by atoms with Gasteiger partial charge in [0.05, 0.1) is 5.52 Å². The molecule has 4 nitrogen and oxygen atoms in total. The molecule has 0 saturated carbocycles. The van der Waals surface area contributed by atoms with Crippen LogP contribution in [0.4, 0.5) is 0 Å². The highest BCUT2D eigenvalue weighted by molar-refractivity contribution is 5.94. The third-order valence-electron chi connectivity index (χ3n) is 4.07. The highest BCUT2D eigenvalue weighted by atomic mass is 16.1. The van der Waals surface area contributed by atoms with E-state index in [2.05, 4.69) is 15.6 Å². The molecule has 1 unspecified atom stereocenters. The summed E-state index contributed by atoms with van der Waals surface area (Å²) in [6, 6.07) is 11.6. The summed E-state index contributed by atoms with van der Waals surface area (Å²) >= 11 is 0. The van der Waals surface area contributed by atoms with Gasteiger partial charge in [-0.15, -0.1) is 0 Å². The molecule has 1 aliphatic rings. The predicted octanol–water partition coefficient (Wildman–Crippen LogP) is 2.35. The second kappa shape index (κ2) is 6.68. The summed E-state index contributed by atoms with van der Waals surface area (Å²) in [4.78, 5) is 16.6. The molecular weight excluding hydrogens is 262 g/mol. The molecule has 1 saturated heterocycles. The largest absolute Gasteiger partial charge is 0.351 e. The smallest absolute Gasteiger partial charge is 0.269 e. The van der Waals surface area contributed by atoms with Crippen LogP contribution in [0.15, 0.2) is 36.4 Å². The fraction of sp³-hybridized carbons (Fsp3) is 0.412. The quantitative estimate of drug-likeness (QED) is 0.905. The molecule has 0 radical (unpaired) electrons. The molecular formula is C17H21N3O. The third-order valence-corrected chi connectivity index (χ3v) is 4.07. The zero-order valence-electron chi connectivity index (χ0n) is 12.1. The topological polar surface area (TPSA) is 54.0 Å². The first-order chi connectivity index (χ1) is 10.3. The van der Waals surface area contributed by atoms with E-state index in [1.807, 2.05) is 30.3 Å². The summed E-state index contributed by atoms with van der Waals surface area (Å²) in [5.74, 6) is 0.605. The van der Waals surface area contributed by atoms with Gasteiger partial charge in [0.1, 0.15) is 5.69 Å². The minimum absolute atomic E-state index is 0.0791. The maximum absolute atomic E-state index is 12.1. The van der Waals surface area contributed by atoms with Gasteiger partial charge in [-0.2, -0.15) is 0 Å². The predicted molar refractivity (Wildman–Crippen MR) is 84.3 cm³/mol. The number of carbonyl (C=O) groups excluding carboxylic acids is 1. The molecule has 2 N–H and O–H groups in total. The van der Waals surface area contributed by atoms with Gasteiger partial charge in [-0.05, 0) is 50.4 Å². The summed E-state index contributed by atoms with van der Waals surface area (Å²) in [5, 5.41) is 7.44. The number of aromatic nitrogens is 1. The van der Waals surface area contributed by atoms with Gasteiger partial charge in [-0.3, -0.25) is 4.79 Å². The van der Waals surface area contributed by atoms with Crippen LogP contribution in [0.25, 0.3) is 10.9 Å². The lowest BCUT2D eigenvalue weighted by Gasteiger charge is -2.22. The Kier molecular flexibility index (Phi) is 4.46. The number of hydrogen-bond donors (Lipinski definition) is 2. The van der Waals surface area contributed by atoms with Gasteiger partial charge in [0.25, 0.3) is 5.91 Å². The Bertz CT molecular complexity index is 620. The molecule has 1 atom stereocenters. The molecule has 1 aromatic heterocycles. The lowest BCUT2D eigenvalue weighted by molar-refractivity contribution is 0.0946. The highest BCUT2D eigenvalue weighted by Gasteiger charge is 2.13. The Morgan fingerprint density at radius 2 is 2.19 bits per heavy atom. The van der Waals surface area contributed by atoms with E-state index < -0.39 is 0 Å². The fourth-order valence-electron chi connectivity index (χ4n) is 2.84. The summed E-state index contributed by atoms with van der Waals surface area (Å²) in [6.45, 7) is 2.92. The number of pyridine rings is 1. The summed E-state index contributed by atoms with van der Waals surface area (Å²) in [7, 11) is 0. The molecule has 2 aromatic rings. The van der Waals surface area contributed by atoms with E-state index in [1.165, 1.54) is 12.8 Å². The molecule has 110 valence electrons. The van der Waals surface area contributed by atoms with E-state index in [0.29, 0.717) is 11.6 Å². The molecule has 2 heterocycles. The minimum Gasteiger partial charge on any atom is -0.351 e. The van der Waals surface area contributed by atoms with Crippen molar-refractivity contribution in [1.29, 1.82) is 0 Å². The summed E-state index contributed by atoms with van der Waals surface area (Å²) in [5.41, 5.74) is 1.36. The van der Waals surface area contributed by atoms with E-state index in [1.54, 1.807) is 6.07 Å². The van der Waals surface area contributed by atoms with Crippen molar-refractivity contribution in [3.8, 4) is 0 Å². The zero-order valence-corrected chi connectivity index (χ0v) is 12.1. The molecule has 0 bridgehead atoms. The number of para-hydroxylation sites is 1. The van der Waals surface area contributed by atoms with Crippen LogP contribution in [-0.2, 0) is 0 Å². The van der Waals surface area contributed by atoms with Crippen molar-refractivity contribution in [2.75, 3.05) is 19.6 Å². The first-order valence-corrected chi connectivity index (χ1v) is 7.67. The summed E-state index contributed by atoms with van der Waals surface area (Å²) < 4.78 is 0. The maximum atomic E-state index is 12.1. The zero-order chi connectivity index (χ0) is 14.5. The molecule has 1 aliphatic heterocycles. The van der Waals surface area contributed by atoms with Crippen LogP contribution in [0.1, 0.15) is 29.8 Å². The lowest BCUT2D eigenvalue weighted by atomic mass is 9.96. The molecule has 1 fully saturated rings. The van der Waals surface area contributed by atoms with E-state index in [4.69, 9.17) is 0 Å². The van der Waals surface area contributed by atoms with Crippen molar-refractivity contribution in [1.82, 2.24) is 15.6 Å². The highest BCUT2D eigenvalue weighted by Crippen LogP contribution is 2.14. The van der Waals surface area contributed by atoms with Crippen LogP contribution < -0.4 is 10.6 Å². The number of hydrogen-bond acceptors (Lipinski definition) is 3. The number of nitrogens with zero attached hydrogens (tertiary/aromatic N) is 1. The van der Waals surface area contributed by atoms with Crippen molar-refractivity contribution < 1.29 is 4.79 Å². The molecule has 3 rings (SSSR count). The van der Waals surface area contributed by atoms with Gasteiger partial charge in [0, 0.05) is 11.9 Å². The number of benzene rings is 1. The maximum Gasteiger partial charge on any atom is 0.269 e. The van der Waals surface area contributed by atoms with Gasteiger partial charge in [-0.1, -0.05) is 24.3 Å². The van der Waals surface area contributed by atoms with Crippen LogP contribution in [0, 0.1) is 5.92 Å². The van der Waals surface area contributed by atoms with Crippen LogP contribution in [0.5, 0.6) is 0 Å². The van der Waals surface area contributed by atoms with Crippen molar-refractivity contribution in [3.05, 3.63) is 42.1 Å². The Hall–Kier alpha value is -1.94. The van der Waals surface area contributed by atoms with Gasteiger partial charge in [0.15, 0.2) is 0 Å². The third kappa shape index (κ3) is 3.58. The van der Waals surface area contributed by atoms with E-state index >= 15 is 0 Å². The SMILES string of the molecule is O=C(NCCC1CCCNC1)c1ccc2ccccc2n1. The van der Waals surface area contributed by atoms with Crippen LogP contribution in [0.3, 0.4) is 0 Å². The second-order valence-electron chi connectivity index (χ2n) is 5.65. The average molecular weight is 283 g/mol. The fourth-order valence-corrected chi connectivity index (χ4v) is 2.84. The van der Waals surface area contributed by atoms with Gasteiger partial charge in [0.2, 0.25) is 0 Å². The monoisotopic (exact) mass is 283 g/mol. The lowest BCUT2D eigenvalue weighted by Crippen LogP contribution is -2.33. The molecule has 1 aromatic carbocycles. The number of carbonyl (C=O) groups is 1. The normalized spacial score (nSPS) is 18.6. The van der Waals surface area contributed by atoms with Gasteiger partial charge >= 0.3 is 0 Å². The Morgan fingerprint density at radius 3 is 3.05 bits per heavy atom. The number of nitrogens with one attached hydrogen (secondary N) is 2. The Balaban J connectivity index is 1.56. The molecule has 21 heavy (non-hydrogen) atoms. The Morgan fingerprint density at radius 1 is 1.29 bits per heavy atom. The van der Waals surface area contributed by atoms with E-state index in [0.717, 1.165) is 37.0 Å². The minimum atomic E-state index is -0.0791. The standard InChI is InChI=1S/C17H21N3O/c21-17(19-11-9-13-4-3-10-18-12-13)16-8-7-14-5-1-2-6-15(14)20-16/h1-2,5-8,13,18H,3-4,9-12H2,(H,19,21). The van der Waals surface area contributed by atoms with Crippen molar-refractivity contribution >= 4 is 16.8 Å².